The van der Waals surface area contributed by atoms with E-state index in [9.17, 15) is 4.79 Å². The second-order valence-corrected chi connectivity index (χ2v) is 7.18. The first-order valence-electron chi connectivity index (χ1n) is 8.33. The third kappa shape index (κ3) is 3.96. The van der Waals surface area contributed by atoms with Crippen LogP contribution in [0.15, 0.2) is 41.2 Å². The molecule has 0 bridgehead atoms. The number of benzene rings is 2. The molecule has 2 aromatic carbocycles. The van der Waals surface area contributed by atoms with Crippen LogP contribution in [-0.4, -0.2) is 27.7 Å². The minimum atomic E-state index is -1.63. The van der Waals surface area contributed by atoms with Gasteiger partial charge in [-0.3, -0.25) is 4.79 Å². The summed E-state index contributed by atoms with van der Waals surface area (Å²) in [5.41, 5.74) is 2.86. The van der Waals surface area contributed by atoms with Crippen LogP contribution in [0.3, 0.4) is 0 Å². The molecule has 2 N–H and O–H groups in total. The van der Waals surface area contributed by atoms with E-state index in [2.05, 4.69) is 0 Å². The molecule has 0 atom stereocenters. The number of aromatic nitrogens is 1. The Kier molecular flexibility index (Phi) is 5.77. The Hall–Kier alpha value is -2.05. The van der Waals surface area contributed by atoms with Gasteiger partial charge < -0.3 is 19.5 Å². The Morgan fingerprint density at radius 2 is 1.78 bits per heavy atom. The zero-order valence-corrected chi connectivity index (χ0v) is 16.4. The minimum Gasteiger partial charge on any atom is -0.486 e. The molecule has 0 amide bonds. The van der Waals surface area contributed by atoms with Crippen molar-refractivity contribution < 1.29 is 14.9 Å². The molecule has 27 heavy (non-hydrogen) atoms. The highest BCUT2D eigenvalue weighted by atomic mass is 35.5. The van der Waals surface area contributed by atoms with E-state index in [1.165, 1.54) is 0 Å². The standard InChI is InChI=1S/C20H19Cl2NO4/c1-11-14(9-12-3-5-13(21)6-4-12)20(26)23(2)16-8-7-15(22)19(18(11)16)27-10-17(24)25/h3-8,17,24-25H,9-10H2,1-2H3. The molecule has 3 aromatic rings. The van der Waals surface area contributed by atoms with E-state index in [1.807, 2.05) is 19.1 Å². The molecule has 0 aliphatic heterocycles. The summed E-state index contributed by atoms with van der Waals surface area (Å²) < 4.78 is 7.09. The lowest BCUT2D eigenvalue weighted by molar-refractivity contribution is -0.0677. The lowest BCUT2D eigenvalue weighted by atomic mass is 9.98. The fourth-order valence-electron chi connectivity index (χ4n) is 3.13. The summed E-state index contributed by atoms with van der Waals surface area (Å²) in [6.07, 6.45) is -1.20. The molecule has 0 aliphatic rings. The van der Waals surface area contributed by atoms with Crippen LogP contribution >= 0.6 is 23.2 Å². The molecule has 5 nitrogen and oxygen atoms in total. The van der Waals surface area contributed by atoms with Crippen molar-refractivity contribution in [2.24, 2.45) is 7.05 Å². The quantitative estimate of drug-likeness (QED) is 0.635. The molecule has 0 saturated carbocycles. The van der Waals surface area contributed by atoms with Gasteiger partial charge in [-0.05, 0) is 42.3 Å². The zero-order chi connectivity index (χ0) is 19.7. The predicted octanol–water partition coefficient (Wildman–Crippen LogP) is 3.43. The Labute approximate surface area is 166 Å². The van der Waals surface area contributed by atoms with E-state index >= 15 is 0 Å². The molecule has 1 heterocycles. The molecule has 0 spiro atoms. The molecule has 0 saturated heterocycles. The van der Waals surface area contributed by atoms with Crippen molar-refractivity contribution in [3.05, 3.63) is 73.5 Å². The molecule has 0 unspecified atom stereocenters. The van der Waals surface area contributed by atoms with Gasteiger partial charge in [-0.25, -0.2) is 0 Å². The summed E-state index contributed by atoms with van der Waals surface area (Å²) in [6.45, 7) is 1.52. The highest BCUT2D eigenvalue weighted by molar-refractivity contribution is 6.33. The van der Waals surface area contributed by atoms with Crippen molar-refractivity contribution in [1.29, 1.82) is 0 Å². The second-order valence-electron chi connectivity index (χ2n) is 6.33. The van der Waals surface area contributed by atoms with Crippen LogP contribution in [-0.2, 0) is 13.5 Å². The monoisotopic (exact) mass is 407 g/mol. The van der Waals surface area contributed by atoms with Gasteiger partial charge >= 0.3 is 0 Å². The fourth-order valence-corrected chi connectivity index (χ4v) is 3.46. The largest absolute Gasteiger partial charge is 0.486 e. The molecule has 3 rings (SSSR count). The highest BCUT2D eigenvalue weighted by Crippen LogP contribution is 2.36. The lowest BCUT2D eigenvalue weighted by Crippen LogP contribution is -2.24. The van der Waals surface area contributed by atoms with Crippen LogP contribution in [0.5, 0.6) is 5.75 Å². The third-order valence-electron chi connectivity index (χ3n) is 4.51. The smallest absolute Gasteiger partial charge is 0.254 e. The van der Waals surface area contributed by atoms with Crippen molar-refractivity contribution in [2.45, 2.75) is 19.6 Å². The Morgan fingerprint density at radius 3 is 2.41 bits per heavy atom. The average molecular weight is 408 g/mol. The van der Waals surface area contributed by atoms with Gasteiger partial charge in [0, 0.05) is 29.4 Å². The van der Waals surface area contributed by atoms with Crippen LogP contribution in [0.2, 0.25) is 10.0 Å². The number of pyridine rings is 1. The van der Waals surface area contributed by atoms with E-state index in [4.69, 9.17) is 38.2 Å². The molecule has 142 valence electrons. The van der Waals surface area contributed by atoms with E-state index in [0.717, 1.165) is 11.1 Å². The summed E-state index contributed by atoms with van der Waals surface area (Å²) in [5.74, 6) is 0.327. The van der Waals surface area contributed by atoms with Crippen molar-refractivity contribution in [2.75, 3.05) is 6.61 Å². The summed E-state index contributed by atoms with van der Waals surface area (Å²) in [4.78, 5) is 12.9. The van der Waals surface area contributed by atoms with Crippen LogP contribution < -0.4 is 10.3 Å². The van der Waals surface area contributed by atoms with Gasteiger partial charge in [0.05, 0.1) is 10.5 Å². The van der Waals surface area contributed by atoms with Crippen LogP contribution in [0, 0.1) is 6.92 Å². The van der Waals surface area contributed by atoms with E-state index < -0.39 is 6.29 Å². The van der Waals surface area contributed by atoms with Gasteiger partial charge in [0.25, 0.3) is 5.56 Å². The second kappa shape index (κ2) is 7.90. The first-order chi connectivity index (χ1) is 12.8. The topological polar surface area (TPSA) is 71.7 Å². The molecule has 0 fully saturated rings. The minimum absolute atomic E-state index is 0.106. The maximum Gasteiger partial charge on any atom is 0.254 e. The van der Waals surface area contributed by atoms with Gasteiger partial charge in [0.1, 0.15) is 12.4 Å². The number of halogens is 2. The summed E-state index contributed by atoms with van der Waals surface area (Å²) in [5, 5.41) is 19.9. The number of hydrogen-bond donors (Lipinski definition) is 2. The summed E-state index contributed by atoms with van der Waals surface area (Å²) >= 11 is 12.2. The van der Waals surface area contributed by atoms with Gasteiger partial charge in [0.15, 0.2) is 6.29 Å². The molecule has 7 heteroatoms. The van der Waals surface area contributed by atoms with Gasteiger partial charge in [-0.2, -0.15) is 0 Å². The number of aryl methyl sites for hydroxylation is 2. The van der Waals surface area contributed by atoms with Crippen molar-refractivity contribution in [3.8, 4) is 5.75 Å². The number of hydrogen-bond acceptors (Lipinski definition) is 4. The SMILES string of the molecule is Cc1c(Cc2ccc(Cl)cc2)c(=O)n(C)c2ccc(Cl)c(OCC(O)O)c12. The molecular formula is C20H19Cl2NO4. The molecule has 1 aromatic heterocycles. The first-order valence-corrected chi connectivity index (χ1v) is 9.09. The molecule has 0 radical (unpaired) electrons. The Balaban J connectivity index is 2.21. The highest BCUT2D eigenvalue weighted by Gasteiger charge is 2.19. The van der Waals surface area contributed by atoms with Gasteiger partial charge in [-0.15, -0.1) is 0 Å². The number of rotatable bonds is 5. The summed E-state index contributed by atoms with van der Waals surface area (Å²) in [6, 6.07) is 10.7. The average Bonchev–Trinajstić information content (AvgIpc) is 2.63. The third-order valence-corrected chi connectivity index (χ3v) is 5.06. The molecular weight excluding hydrogens is 389 g/mol. The van der Waals surface area contributed by atoms with Crippen LogP contribution in [0.25, 0.3) is 10.9 Å². The number of ether oxygens (including phenoxy) is 1. The van der Waals surface area contributed by atoms with Crippen molar-refractivity contribution in [3.63, 3.8) is 0 Å². The number of nitrogens with zero attached hydrogens (tertiary/aromatic N) is 1. The Morgan fingerprint density at radius 1 is 1.11 bits per heavy atom. The van der Waals surface area contributed by atoms with E-state index in [1.54, 1.807) is 35.9 Å². The number of fused-ring (bicyclic) bond motifs is 1. The maximum atomic E-state index is 12.9. The maximum absolute atomic E-state index is 12.9. The van der Waals surface area contributed by atoms with Crippen molar-refractivity contribution >= 4 is 34.1 Å². The van der Waals surface area contributed by atoms with Crippen LogP contribution in [0.4, 0.5) is 0 Å². The van der Waals surface area contributed by atoms with Gasteiger partial charge in [-0.1, -0.05) is 35.3 Å². The Bertz CT molecular complexity index is 1040. The molecule has 0 aliphatic carbocycles. The van der Waals surface area contributed by atoms with E-state index in [0.29, 0.717) is 38.7 Å². The predicted molar refractivity (Wildman–Crippen MR) is 107 cm³/mol. The lowest BCUT2D eigenvalue weighted by Gasteiger charge is -2.18. The zero-order valence-electron chi connectivity index (χ0n) is 14.9. The van der Waals surface area contributed by atoms with Crippen LogP contribution in [0.1, 0.15) is 16.7 Å². The number of aliphatic hydroxyl groups is 2. The normalized spacial score (nSPS) is 11.4. The van der Waals surface area contributed by atoms with Gasteiger partial charge in [0.2, 0.25) is 0 Å². The van der Waals surface area contributed by atoms with Crippen molar-refractivity contribution in [1.82, 2.24) is 4.57 Å². The summed E-state index contributed by atoms with van der Waals surface area (Å²) in [7, 11) is 1.69. The van der Waals surface area contributed by atoms with E-state index in [-0.39, 0.29) is 12.2 Å². The fraction of sp³-hybridized carbons (Fsp3) is 0.250. The first kappa shape index (κ1) is 19.7. The number of aliphatic hydroxyl groups excluding tert-OH is 1.